The topological polar surface area (TPSA) is 155 Å². The van der Waals surface area contributed by atoms with E-state index in [2.05, 4.69) is 86.8 Å². The number of carbonyl (C=O) groups excluding carboxylic acids is 1. The van der Waals surface area contributed by atoms with Gasteiger partial charge in [-0.3, -0.25) is 18.6 Å². The second-order valence-corrected chi connectivity index (χ2v) is 15.9. The van der Waals surface area contributed by atoms with Crippen LogP contribution in [0.3, 0.4) is 0 Å². The minimum absolute atomic E-state index is 0.00583. The number of carboxylic acids is 1. The number of allylic oxidation sites excluding steroid dienone is 12. The van der Waals surface area contributed by atoms with E-state index >= 15 is 0 Å². The molecule has 0 fully saturated rings. The fourth-order valence-corrected chi connectivity index (χ4v) is 6.34. The average Bonchev–Trinajstić information content (AvgIpc) is 3.19. The lowest BCUT2D eigenvalue weighted by atomic mass is 10.1. The second kappa shape index (κ2) is 41.6. The molecule has 0 heterocycles. The first-order chi connectivity index (χ1) is 27.7. The number of aliphatic carboxylic acids is 1. The standard InChI is InChI=1S/C46H80NO9P/c1-3-5-7-9-11-13-15-17-18-19-20-21-22-23-24-25-27-29-31-33-35-37-39-53-40-43(41-54-57(51,52)55-42-44(47)46(49)50)56-45(48)38-36-34-32-30-28-26-16-14-12-10-8-6-4-2/h6,8,12,14-15,17,19-20,22-23,26,28,43-44H,3-5,7,9-11,13,16,18,21,24-25,27,29-42,47H2,1-2H3,(H,49,50)(H,51,52)/b8-6-,14-12-,17-15-,20-19-,23-22-,28-26-. The molecule has 11 heteroatoms. The molecule has 4 N–H and O–H groups in total. The number of phosphoric ester groups is 1. The monoisotopic (exact) mass is 822 g/mol. The Balaban J connectivity index is 4.26. The van der Waals surface area contributed by atoms with Gasteiger partial charge in [-0.05, 0) is 83.5 Å². The van der Waals surface area contributed by atoms with Gasteiger partial charge in [-0.25, -0.2) is 4.57 Å². The first-order valence-corrected chi connectivity index (χ1v) is 23.5. The quantitative estimate of drug-likeness (QED) is 0.0235. The lowest BCUT2D eigenvalue weighted by Gasteiger charge is -2.20. The molecule has 0 spiro atoms. The van der Waals surface area contributed by atoms with Crippen molar-refractivity contribution in [3.8, 4) is 0 Å². The van der Waals surface area contributed by atoms with Crippen LogP contribution in [-0.2, 0) is 32.7 Å². The minimum Gasteiger partial charge on any atom is -0.480 e. The van der Waals surface area contributed by atoms with Gasteiger partial charge in [0.05, 0.1) is 19.8 Å². The molecule has 0 amide bonds. The fraction of sp³-hybridized carbons (Fsp3) is 0.696. The van der Waals surface area contributed by atoms with E-state index < -0.39 is 45.1 Å². The maximum atomic E-state index is 12.6. The first kappa shape index (κ1) is 54.4. The van der Waals surface area contributed by atoms with Crippen LogP contribution >= 0.6 is 7.82 Å². The molecule has 0 radical (unpaired) electrons. The summed E-state index contributed by atoms with van der Waals surface area (Å²) in [5, 5.41) is 8.89. The van der Waals surface area contributed by atoms with E-state index in [1.807, 2.05) is 0 Å². The Morgan fingerprint density at radius 3 is 1.53 bits per heavy atom. The van der Waals surface area contributed by atoms with E-state index in [0.29, 0.717) is 13.0 Å². The predicted octanol–water partition coefficient (Wildman–Crippen LogP) is 12.2. The molecule has 0 saturated heterocycles. The molecule has 328 valence electrons. The van der Waals surface area contributed by atoms with Gasteiger partial charge in [-0.2, -0.15) is 0 Å². The Bertz CT molecular complexity index is 1180. The van der Waals surface area contributed by atoms with E-state index in [0.717, 1.165) is 77.0 Å². The van der Waals surface area contributed by atoms with E-state index in [4.69, 9.17) is 29.4 Å². The molecule has 57 heavy (non-hydrogen) atoms. The smallest absolute Gasteiger partial charge is 0.472 e. The fourth-order valence-electron chi connectivity index (χ4n) is 5.56. The van der Waals surface area contributed by atoms with Crippen molar-refractivity contribution in [2.75, 3.05) is 26.4 Å². The van der Waals surface area contributed by atoms with Gasteiger partial charge in [0.15, 0.2) is 0 Å². The highest BCUT2D eigenvalue weighted by atomic mass is 31.2. The van der Waals surface area contributed by atoms with Gasteiger partial charge in [-0.1, -0.05) is 151 Å². The summed E-state index contributed by atoms with van der Waals surface area (Å²) in [6.07, 6.45) is 51.0. The Morgan fingerprint density at radius 2 is 1.02 bits per heavy atom. The van der Waals surface area contributed by atoms with Crippen LogP contribution in [0.1, 0.15) is 168 Å². The zero-order valence-electron chi connectivity index (χ0n) is 35.7. The maximum Gasteiger partial charge on any atom is 0.472 e. The van der Waals surface area contributed by atoms with Crippen molar-refractivity contribution in [2.24, 2.45) is 5.73 Å². The van der Waals surface area contributed by atoms with Gasteiger partial charge in [0, 0.05) is 13.0 Å². The average molecular weight is 822 g/mol. The lowest BCUT2D eigenvalue weighted by molar-refractivity contribution is -0.154. The second-order valence-electron chi connectivity index (χ2n) is 14.4. The van der Waals surface area contributed by atoms with Crippen molar-refractivity contribution in [2.45, 2.75) is 180 Å². The Labute approximate surface area is 346 Å². The Hall–Kier alpha value is -2.59. The normalized spacial score (nSPS) is 14.6. The summed E-state index contributed by atoms with van der Waals surface area (Å²) in [4.78, 5) is 33.5. The SMILES string of the molecule is CC/C=C\C/C=C\C/C=C\CCCCCC(=O)OC(COCCCCCCCCC/C=C\C/C=C\C/C=C\CCCCCCC)COP(=O)(O)OCC(N)C(=O)O. The minimum atomic E-state index is -4.63. The third-order valence-corrected chi connectivity index (χ3v) is 9.92. The summed E-state index contributed by atoms with van der Waals surface area (Å²) in [7, 11) is -4.63. The molecule has 3 atom stereocenters. The Morgan fingerprint density at radius 1 is 0.579 bits per heavy atom. The van der Waals surface area contributed by atoms with Gasteiger partial charge < -0.3 is 25.2 Å². The van der Waals surface area contributed by atoms with Gasteiger partial charge in [0.2, 0.25) is 0 Å². The van der Waals surface area contributed by atoms with Crippen LogP contribution in [-0.4, -0.2) is 60.5 Å². The van der Waals surface area contributed by atoms with Gasteiger partial charge >= 0.3 is 19.8 Å². The third kappa shape index (κ3) is 41.4. The molecule has 0 aromatic carbocycles. The van der Waals surface area contributed by atoms with E-state index in [1.54, 1.807) is 0 Å². The summed E-state index contributed by atoms with van der Waals surface area (Å²) in [6.45, 7) is 3.67. The highest BCUT2D eigenvalue weighted by Crippen LogP contribution is 2.43. The third-order valence-electron chi connectivity index (χ3n) is 8.97. The molecule has 3 unspecified atom stereocenters. The Kier molecular flexibility index (Phi) is 39.7. The molecule has 0 saturated carbocycles. The summed E-state index contributed by atoms with van der Waals surface area (Å²) in [5.74, 6) is -1.82. The number of carbonyl (C=O) groups is 2. The van der Waals surface area contributed by atoms with Crippen LogP contribution in [0.5, 0.6) is 0 Å². The molecule has 0 aliphatic rings. The number of phosphoric acid groups is 1. The van der Waals surface area contributed by atoms with Crippen LogP contribution in [0.2, 0.25) is 0 Å². The van der Waals surface area contributed by atoms with Crippen LogP contribution in [0, 0.1) is 0 Å². The molecule has 0 aliphatic carbocycles. The summed E-state index contributed by atoms with van der Waals surface area (Å²) >= 11 is 0. The number of unbranched alkanes of at least 4 members (excludes halogenated alkanes) is 15. The highest BCUT2D eigenvalue weighted by molar-refractivity contribution is 7.47. The molecular formula is C46H80NO9P. The van der Waals surface area contributed by atoms with Gasteiger partial charge in [-0.15, -0.1) is 0 Å². The van der Waals surface area contributed by atoms with Crippen molar-refractivity contribution in [1.82, 2.24) is 0 Å². The molecule has 10 nitrogen and oxygen atoms in total. The summed E-state index contributed by atoms with van der Waals surface area (Å²) in [6, 6.07) is -1.48. The van der Waals surface area contributed by atoms with E-state index in [9.17, 15) is 19.0 Å². The number of rotatable bonds is 41. The predicted molar refractivity (Wildman–Crippen MR) is 235 cm³/mol. The highest BCUT2D eigenvalue weighted by Gasteiger charge is 2.27. The largest absolute Gasteiger partial charge is 0.480 e. The van der Waals surface area contributed by atoms with Crippen molar-refractivity contribution < 1.29 is 42.7 Å². The van der Waals surface area contributed by atoms with Gasteiger partial charge in [0.1, 0.15) is 12.1 Å². The van der Waals surface area contributed by atoms with E-state index in [1.165, 1.54) is 64.2 Å². The molecule has 0 aromatic rings. The molecule has 0 rings (SSSR count). The summed E-state index contributed by atoms with van der Waals surface area (Å²) < 4.78 is 33.3. The van der Waals surface area contributed by atoms with Crippen molar-refractivity contribution in [3.63, 3.8) is 0 Å². The van der Waals surface area contributed by atoms with Gasteiger partial charge in [0.25, 0.3) is 0 Å². The number of nitrogens with two attached hydrogens (primary N) is 1. The number of carboxylic acid groups (broad SMARTS) is 1. The molecule has 0 aromatic heterocycles. The molecule has 0 bridgehead atoms. The van der Waals surface area contributed by atoms with Crippen LogP contribution < -0.4 is 5.73 Å². The number of esters is 1. The number of hydrogen-bond acceptors (Lipinski definition) is 8. The van der Waals surface area contributed by atoms with E-state index in [-0.39, 0.29) is 13.0 Å². The van der Waals surface area contributed by atoms with Crippen molar-refractivity contribution in [1.29, 1.82) is 0 Å². The zero-order valence-corrected chi connectivity index (χ0v) is 36.6. The summed E-state index contributed by atoms with van der Waals surface area (Å²) in [5.41, 5.74) is 5.35. The lowest BCUT2D eigenvalue weighted by Crippen LogP contribution is -2.34. The van der Waals surface area contributed by atoms with Crippen molar-refractivity contribution >= 4 is 19.8 Å². The zero-order chi connectivity index (χ0) is 41.9. The number of ether oxygens (including phenoxy) is 2. The van der Waals surface area contributed by atoms with Crippen molar-refractivity contribution in [3.05, 3.63) is 72.9 Å². The maximum absolute atomic E-state index is 12.6. The first-order valence-electron chi connectivity index (χ1n) is 22.0. The molecule has 0 aliphatic heterocycles. The molecular weight excluding hydrogens is 741 g/mol. The van der Waals surface area contributed by atoms with Crippen LogP contribution in [0.4, 0.5) is 0 Å². The number of hydrogen-bond donors (Lipinski definition) is 3. The van der Waals surface area contributed by atoms with Crippen LogP contribution in [0.15, 0.2) is 72.9 Å². The van der Waals surface area contributed by atoms with Crippen LogP contribution in [0.25, 0.3) is 0 Å².